The number of nitrogens with two attached hydrogens (primary N) is 1. The molecule has 112 valence electrons. The van der Waals surface area contributed by atoms with Gasteiger partial charge in [-0.15, -0.1) is 0 Å². The van der Waals surface area contributed by atoms with Crippen LogP contribution in [-0.4, -0.2) is 20.1 Å². The van der Waals surface area contributed by atoms with E-state index in [4.69, 9.17) is 5.73 Å². The molecule has 0 unspecified atom stereocenters. The monoisotopic (exact) mass is 312 g/mol. The third-order valence-corrected chi connectivity index (χ3v) is 4.81. The molecule has 1 aromatic carbocycles. The highest BCUT2D eigenvalue weighted by atomic mass is 32.2. The molecule has 1 aromatic rings. The zero-order valence-corrected chi connectivity index (χ0v) is 11.0. The lowest BCUT2D eigenvalue weighted by molar-refractivity contribution is -0.160. The van der Waals surface area contributed by atoms with Gasteiger partial charge in [0.2, 0.25) is 10.0 Å². The van der Waals surface area contributed by atoms with Crippen molar-refractivity contribution in [2.24, 2.45) is 5.73 Å². The normalized spacial score (nSPS) is 18.1. The lowest BCUT2D eigenvalue weighted by Crippen LogP contribution is -2.47. The Morgan fingerprint density at radius 1 is 1.30 bits per heavy atom. The van der Waals surface area contributed by atoms with Gasteiger partial charge in [0.1, 0.15) is 11.4 Å². The molecule has 0 radical (unpaired) electrons. The summed E-state index contributed by atoms with van der Waals surface area (Å²) in [6, 6.07) is 3.13. The molecule has 0 bridgehead atoms. The summed E-state index contributed by atoms with van der Waals surface area (Å²) in [5.74, 6) is -0.868. The van der Waals surface area contributed by atoms with Crippen LogP contribution in [0.15, 0.2) is 23.1 Å². The Hall–Kier alpha value is -1.19. The fourth-order valence-corrected chi connectivity index (χ4v) is 3.58. The predicted molar refractivity (Wildman–Crippen MR) is 62.6 cm³/mol. The molecule has 0 spiro atoms. The van der Waals surface area contributed by atoms with Gasteiger partial charge in [-0.05, 0) is 25.0 Å². The van der Waals surface area contributed by atoms with E-state index in [1.807, 2.05) is 0 Å². The zero-order chi connectivity index (χ0) is 15.2. The molecule has 1 fully saturated rings. The summed E-state index contributed by atoms with van der Waals surface area (Å²) in [5, 5.41) is 0. The molecule has 0 aromatic heterocycles. The minimum Gasteiger partial charge on any atom is -0.326 e. The van der Waals surface area contributed by atoms with Crippen molar-refractivity contribution < 1.29 is 26.0 Å². The van der Waals surface area contributed by atoms with Gasteiger partial charge in [-0.2, -0.15) is 17.9 Å². The summed E-state index contributed by atoms with van der Waals surface area (Å²) in [6.45, 7) is -0.429. The van der Waals surface area contributed by atoms with Crippen LogP contribution in [0, 0.1) is 5.82 Å². The van der Waals surface area contributed by atoms with Gasteiger partial charge in [-0.1, -0.05) is 6.07 Å². The Morgan fingerprint density at radius 3 is 2.35 bits per heavy atom. The van der Waals surface area contributed by atoms with Gasteiger partial charge in [0.15, 0.2) is 0 Å². The fourth-order valence-electron chi connectivity index (χ4n) is 1.87. The molecular formula is C11H12F4N2O2S. The number of hydrogen-bond donors (Lipinski definition) is 2. The van der Waals surface area contributed by atoms with Gasteiger partial charge < -0.3 is 5.73 Å². The van der Waals surface area contributed by atoms with Gasteiger partial charge in [-0.25, -0.2) is 12.8 Å². The Labute approximate surface area is 113 Å². The highest BCUT2D eigenvalue weighted by Gasteiger charge is 2.65. The molecule has 9 heteroatoms. The molecule has 0 saturated heterocycles. The predicted octanol–water partition coefficient (Wildman–Crippen LogP) is 1.66. The highest BCUT2D eigenvalue weighted by molar-refractivity contribution is 7.89. The molecule has 2 rings (SSSR count). The summed E-state index contributed by atoms with van der Waals surface area (Å²) in [4.78, 5) is -0.560. The van der Waals surface area contributed by atoms with Gasteiger partial charge in [-0.3, -0.25) is 0 Å². The number of nitrogens with one attached hydrogen (secondary N) is 1. The van der Waals surface area contributed by atoms with E-state index in [2.05, 4.69) is 0 Å². The van der Waals surface area contributed by atoms with E-state index >= 15 is 0 Å². The van der Waals surface area contributed by atoms with Crippen LogP contribution < -0.4 is 10.5 Å². The lowest BCUT2D eigenvalue weighted by atomic mass is 10.2. The first-order valence-electron chi connectivity index (χ1n) is 5.71. The second-order valence-corrected chi connectivity index (χ2v) is 6.26. The van der Waals surface area contributed by atoms with Gasteiger partial charge >= 0.3 is 6.18 Å². The van der Waals surface area contributed by atoms with E-state index in [1.54, 1.807) is 4.72 Å². The molecular weight excluding hydrogens is 300 g/mol. The van der Waals surface area contributed by atoms with Crippen LogP contribution in [0.3, 0.4) is 0 Å². The van der Waals surface area contributed by atoms with Crippen LogP contribution in [0.4, 0.5) is 17.6 Å². The minimum absolute atomic E-state index is 0.330. The van der Waals surface area contributed by atoms with Crippen molar-refractivity contribution in [3.63, 3.8) is 0 Å². The van der Waals surface area contributed by atoms with Crippen LogP contribution in [0.5, 0.6) is 0 Å². The van der Waals surface area contributed by atoms with Gasteiger partial charge in [0.05, 0.1) is 4.90 Å². The van der Waals surface area contributed by atoms with Gasteiger partial charge in [0.25, 0.3) is 0 Å². The minimum atomic E-state index is -4.68. The van der Waals surface area contributed by atoms with E-state index < -0.39 is 39.0 Å². The highest BCUT2D eigenvalue weighted by Crippen LogP contribution is 2.49. The van der Waals surface area contributed by atoms with Crippen molar-refractivity contribution in [2.45, 2.75) is 36.0 Å². The number of alkyl halides is 3. The Morgan fingerprint density at radius 2 is 1.90 bits per heavy atom. The molecule has 3 N–H and O–H groups in total. The van der Waals surface area contributed by atoms with Gasteiger partial charge in [0, 0.05) is 12.1 Å². The Balaban J connectivity index is 2.40. The van der Waals surface area contributed by atoms with Crippen molar-refractivity contribution in [2.75, 3.05) is 0 Å². The standard InChI is InChI=1S/C11H12F4N2O2S/c12-8-2-1-3-9(7(8)6-16)20(18,19)17-10(4-5-10)11(13,14)15/h1-3,17H,4-6,16H2. The van der Waals surface area contributed by atoms with Crippen molar-refractivity contribution in [3.8, 4) is 0 Å². The summed E-state index contributed by atoms with van der Waals surface area (Å²) in [7, 11) is -4.49. The Kier molecular flexibility index (Phi) is 3.55. The van der Waals surface area contributed by atoms with Crippen molar-refractivity contribution in [3.05, 3.63) is 29.6 Å². The fraction of sp³-hybridized carbons (Fsp3) is 0.455. The Bertz CT molecular complexity index is 624. The molecule has 0 heterocycles. The number of benzene rings is 1. The maximum Gasteiger partial charge on any atom is 0.407 e. The average molecular weight is 312 g/mol. The van der Waals surface area contributed by atoms with Crippen molar-refractivity contribution in [1.29, 1.82) is 0 Å². The second kappa shape index (κ2) is 4.68. The van der Waals surface area contributed by atoms with Crippen LogP contribution in [0.1, 0.15) is 18.4 Å². The topological polar surface area (TPSA) is 72.2 Å². The molecule has 0 aliphatic heterocycles. The van der Waals surface area contributed by atoms with E-state index in [-0.39, 0.29) is 18.4 Å². The van der Waals surface area contributed by atoms with E-state index in [1.165, 1.54) is 0 Å². The summed E-state index contributed by atoms with van der Waals surface area (Å²) < 4.78 is 77.5. The first-order chi connectivity index (χ1) is 9.13. The molecule has 1 saturated carbocycles. The van der Waals surface area contributed by atoms with Crippen molar-refractivity contribution >= 4 is 10.0 Å². The molecule has 1 aliphatic carbocycles. The third-order valence-electron chi connectivity index (χ3n) is 3.19. The van der Waals surface area contributed by atoms with Crippen LogP contribution in [0.25, 0.3) is 0 Å². The lowest BCUT2D eigenvalue weighted by Gasteiger charge is -2.21. The quantitative estimate of drug-likeness (QED) is 0.831. The maximum atomic E-state index is 13.5. The van der Waals surface area contributed by atoms with Crippen LogP contribution >= 0.6 is 0 Å². The van der Waals surface area contributed by atoms with E-state index in [9.17, 15) is 26.0 Å². The third kappa shape index (κ3) is 2.52. The summed E-state index contributed by atoms with van der Waals surface area (Å²) in [5.41, 5.74) is 2.48. The van der Waals surface area contributed by atoms with Crippen molar-refractivity contribution in [1.82, 2.24) is 4.72 Å². The largest absolute Gasteiger partial charge is 0.407 e. The average Bonchev–Trinajstić information content (AvgIpc) is 3.08. The van der Waals surface area contributed by atoms with E-state index in [0.29, 0.717) is 0 Å². The number of rotatable bonds is 4. The number of halogens is 4. The first kappa shape index (κ1) is 15.2. The number of hydrogen-bond acceptors (Lipinski definition) is 3. The van der Waals surface area contributed by atoms with Crippen LogP contribution in [0.2, 0.25) is 0 Å². The first-order valence-corrected chi connectivity index (χ1v) is 7.19. The molecule has 0 atom stereocenters. The second-order valence-electron chi connectivity index (χ2n) is 4.61. The molecule has 1 aliphatic rings. The summed E-state index contributed by atoms with van der Waals surface area (Å²) >= 11 is 0. The maximum absolute atomic E-state index is 13.5. The number of sulfonamides is 1. The zero-order valence-electron chi connectivity index (χ0n) is 10.2. The SMILES string of the molecule is NCc1c(F)cccc1S(=O)(=O)NC1(C(F)(F)F)CC1. The van der Waals surface area contributed by atoms with E-state index in [0.717, 1.165) is 18.2 Å². The molecule has 4 nitrogen and oxygen atoms in total. The smallest absolute Gasteiger partial charge is 0.326 e. The summed E-state index contributed by atoms with van der Waals surface area (Å²) in [6.07, 6.45) is -5.34. The van der Waals surface area contributed by atoms with Crippen LogP contribution in [-0.2, 0) is 16.6 Å². The molecule has 0 amide bonds. The molecule has 20 heavy (non-hydrogen) atoms.